The van der Waals surface area contributed by atoms with E-state index < -0.39 is 0 Å². The summed E-state index contributed by atoms with van der Waals surface area (Å²) in [4.78, 5) is 0. The molecule has 0 bridgehead atoms. The standard InChI is InChI=1S/C11H14O2/c12-9-3-1-2-4-10-5-7-11(13)8-6-10/h1-2,5-8,12-13H,3-4,9H2/b2-1-. The van der Waals surface area contributed by atoms with Crippen LogP contribution in [-0.2, 0) is 6.42 Å². The van der Waals surface area contributed by atoms with Crippen molar-refractivity contribution in [3.8, 4) is 5.75 Å². The maximum absolute atomic E-state index is 9.02. The molecule has 0 saturated heterocycles. The van der Waals surface area contributed by atoms with Gasteiger partial charge < -0.3 is 10.2 Å². The highest BCUT2D eigenvalue weighted by atomic mass is 16.3. The van der Waals surface area contributed by atoms with Gasteiger partial charge in [0.05, 0.1) is 0 Å². The molecule has 0 radical (unpaired) electrons. The molecule has 13 heavy (non-hydrogen) atoms. The van der Waals surface area contributed by atoms with Crippen LogP contribution in [0.2, 0.25) is 0 Å². The molecule has 0 unspecified atom stereocenters. The first-order valence-corrected chi connectivity index (χ1v) is 4.36. The summed E-state index contributed by atoms with van der Waals surface area (Å²) in [6, 6.07) is 7.13. The fourth-order valence-corrected chi connectivity index (χ4v) is 1.04. The third-order valence-electron chi connectivity index (χ3n) is 1.75. The summed E-state index contributed by atoms with van der Waals surface area (Å²) in [5, 5.41) is 17.5. The lowest BCUT2D eigenvalue weighted by atomic mass is 10.1. The lowest BCUT2D eigenvalue weighted by Gasteiger charge is -1.95. The topological polar surface area (TPSA) is 40.5 Å². The molecule has 0 saturated carbocycles. The molecule has 1 rings (SSSR count). The Kier molecular flexibility index (Phi) is 4.06. The minimum atomic E-state index is 0.200. The minimum Gasteiger partial charge on any atom is -0.508 e. The van der Waals surface area contributed by atoms with Gasteiger partial charge in [0.25, 0.3) is 0 Å². The molecule has 2 nitrogen and oxygen atoms in total. The van der Waals surface area contributed by atoms with Crippen molar-refractivity contribution >= 4 is 0 Å². The predicted molar refractivity (Wildman–Crippen MR) is 52.7 cm³/mol. The number of hydrogen-bond acceptors (Lipinski definition) is 2. The van der Waals surface area contributed by atoms with E-state index in [1.165, 1.54) is 0 Å². The number of rotatable bonds is 4. The molecular weight excluding hydrogens is 164 g/mol. The van der Waals surface area contributed by atoms with Crippen LogP contribution in [0.25, 0.3) is 0 Å². The molecule has 2 N–H and O–H groups in total. The average Bonchev–Trinajstić information content (AvgIpc) is 2.15. The summed E-state index contributed by atoms with van der Waals surface area (Å²) in [6.45, 7) is 0.200. The van der Waals surface area contributed by atoms with E-state index in [9.17, 15) is 0 Å². The van der Waals surface area contributed by atoms with Gasteiger partial charge in [0, 0.05) is 6.61 Å². The number of aromatic hydroxyl groups is 1. The van der Waals surface area contributed by atoms with E-state index in [1.807, 2.05) is 24.3 Å². The highest BCUT2D eigenvalue weighted by Crippen LogP contribution is 2.10. The summed E-state index contributed by atoms with van der Waals surface area (Å²) in [5.74, 6) is 0.295. The Morgan fingerprint density at radius 3 is 2.38 bits per heavy atom. The first kappa shape index (κ1) is 9.81. The van der Waals surface area contributed by atoms with Crippen molar-refractivity contribution < 1.29 is 10.2 Å². The van der Waals surface area contributed by atoms with Gasteiger partial charge in [0.15, 0.2) is 0 Å². The molecule has 0 atom stereocenters. The van der Waals surface area contributed by atoms with Crippen molar-refractivity contribution in [3.05, 3.63) is 42.0 Å². The third-order valence-corrected chi connectivity index (χ3v) is 1.75. The first-order chi connectivity index (χ1) is 6.33. The lowest BCUT2D eigenvalue weighted by Crippen LogP contribution is -1.80. The van der Waals surface area contributed by atoms with Crippen LogP contribution in [0.5, 0.6) is 5.75 Å². The smallest absolute Gasteiger partial charge is 0.115 e. The van der Waals surface area contributed by atoms with Gasteiger partial charge in [-0.05, 0) is 30.5 Å². The largest absolute Gasteiger partial charge is 0.508 e. The molecule has 0 aliphatic rings. The summed E-state index contributed by atoms with van der Waals surface area (Å²) >= 11 is 0. The number of phenolic OH excluding ortho intramolecular Hbond substituents is 1. The maximum Gasteiger partial charge on any atom is 0.115 e. The van der Waals surface area contributed by atoms with Crippen LogP contribution in [-0.4, -0.2) is 16.8 Å². The van der Waals surface area contributed by atoms with Crippen molar-refractivity contribution in [2.24, 2.45) is 0 Å². The Balaban J connectivity index is 2.41. The molecule has 1 aromatic carbocycles. The fourth-order valence-electron chi connectivity index (χ4n) is 1.04. The Labute approximate surface area is 78.2 Å². The van der Waals surface area contributed by atoms with Gasteiger partial charge in [-0.25, -0.2) is 0 Å². The van der Waals surface area contributed by atoms with Gasteiger partial charge in [-0.2, -0.15) is 0 Å². The molecule has 0 fully saturated rings. The van der Waals surface area contributed by atoms with E-state index in [4.69, 9.17) is 10.2 Å². The summed E-state index contributed by atoms with van der Waals surface area (Å²) in [7, 11) is 0. The minimum absolute atomic E-state index is 0.200. The molecule has 2 heteroatoms. The maximum atomic E-state index is 9.02. The van der Waals surface area contributed by atoms with E-state index in [-0.39, 0.29) is 6.61 Å². The zero-order valence-corrected chi connectivity index (χ0v) is 7.48. The van der Waals surface area contributed by atoms with E-state index >= 15 is 0 Å². The molecule has 70 valence electrons. The van der Waals surface area contributed by atoms with Crippen LogP contribution >= 0.6 is 0 Å². The highest BCUT2D eigenvalue weighted by Gasteiger charge is 1.89. The van der Waals surface area contributed by atoms with E-state index in [1.54, 1.807) is 12.1 Å². The average molecular weight is 178 g/mol. The van der Waals surface area contributed by atoms with E-state index in [2.05, 4.69) is 0 Å². The van der Waals surface area contributed by atoms with Crippen molar-refractivity contribution in [3.63, 3.8) is 0 Å². The van der Waals surface area contributed by atoms with Gasteiger partial charge in [-0.1, -0.05) is 24.3 Å². The van der Waals surface area contributed by atoms with Crippen molar-refractivity contribution in [1.82, 2.24) is 0 Å². The van der Waals surface area contributed by atoms with Gasteiger partial charge >= 0.3 is 0 Å². The molecule has 0 spiro atoms. The molecule has 1 aromatic rings. The molecule has 0 aliphatic carbocycles. The lowest BCUT2D eigenvalue weighted by molar-refractivity contribution is 0.302. The van der Waals surface area contributed by atoms with Crippen molar-refractivity contribution in [2.45, 2.75) is 12.8 Å². The summed E-state index contributed by atoms with van der Waals surface area (Å²) in [6.07, 6.45) is 5.52. The van der Waals surface area contributed by atoms with Crippen LogP contribution in [0.1, 0.15) is 12.0 Å². The van der Waals surface area contributed by atoms with Crippen LogP contribution in [0.15, 0.2) is 36.4 Å². The van der Waals surface area contributed by atoms with E-state index in [0.717, 1.165) is 12.0 Å². The quantitative estimate of drug-likeness (QED) is 0.691. The molecule has 0 aromatic heterocycles. The molecule has 0 amide bonds. The number of aliphatic hydroxyl groups excluding tert-OH is 1. The Hall–Kier alpha value is -1.28. The number of benzene rings is 1. The second-order valence-corrected chi connectivity index (χ2v) is 2.85. The molecule has 0 aliphatic heterocycles. The number of hydrogen-bond donors (Lipinski definition) is 2. The number of aliphatic hydroxyl groups is 1. The van der Waals surface area contributed by atoms with Gasteiger partial charge in [0.2, 0.25) is 0 Å². The highest BCUT2D eigenvalue weighted by molar-refractivity contribution is 5.27. The van der Waals surface area contributed by atoms with Crippen molar-refractivity contribution in [2.75, 3.05) is 6.61 Å². The Bertz CT molecular complexity index is 262. The fraction of sp³-hybridized carbons (Fsp3) is 0.273. The summed E-state index contributed by atoms with van der Waals surface area (Å²) < 4.78 is 0. The first-order valence-electron chi connectivity index (χ1n) is 4.36. The monoisotopic (exact) mass is 178 g/mol. The van der Waals surface area contributed by atoms with Crippen LogP contribution in [0.3, 0.4) is 0 Å². The Morgan fingerprint density at radius 1 is 1.08 bits per heavy atom. The predicted octanol–water partition coefficient (Wildman–Crippen LogP) is 1.87. The number of phenols is 1. The van der Waals surface area contributed by atoms with Gasteiger partial charge in [-0.15, -0.1) is 0 Å². The van der Waals surface area contributed by atoms with Crippen molar-refractivity contribution in [1.29, 1.82) is 0 Å². The van der Waals surface area contributed by atoms with E-state index in [0.29, 0.717) is 12.2 Å². The molecule has 0 heterocycles. The second-order valence-electron chi connectivity index (χ2n) is 2.85. The van der Waals surface area contributed by atoms with Crippen LogP contribution < -0.4 is 0 Å². The Morgan fingerprint density at radius 2 is 1.77 bits per heavy atom. The zero-order valence-electron chi connectivity index (χ0n) is 7.48. The second kappa shape index (κ2) is 5.38. The van der Waals surface area contributed by atoms with Gasteiger partial charge in [-0.3, -0.25) is 0 Å². The van der Waals surface area contributed by atoms with Crippen LogP contribution in [0, 0.1) is 0 Å². The van der Waals surface area contributed by atoms with Crippen LogP contribution in [0.4, 0.5) is 0 Å². The number of allylic oxidation sites excluding steroid dienone is 1. The normalized spacial score (nSPS) is 10.8. The summed E-state index contributed by atoms with van der Waals surface area (Å²) in [5.41, 5.74) is 1.16. The van der Waals surface area contributed by atoms with Gasteiger partial charge in [0.1, 0.15) is 5.75 Å². The third kappa shape index (κ3) is 3.76. The molecular formula is C11H14O2. The zero-order chi connectivity index (χ0) is 9.52. The SMILES string of the molecule is OCC/C=C\Cc1ccc(O)cc1.